The monoisotopic (exact) mass is 492 g/mol. The third kappa shape index (κ3) is 5.09. The van der Waals surface area contributed by atoms with Crippen molar-refractivity contribution >= 4 is 12.1 Å². The number of amides is 1. The highest BCUT2D eigenvalue weighted by atomic mass is 16.5. The van der Waals surface area contributed by atoms with Gasteiger partial charge in [-0.05, 0) is 45.9 Å². The Kier molecular flexibility index (Phi) is 6.99. The van der Waals surface area contributed by atoms with Crippen molar-refractivity contribution in [1.82, 2.24) is 10.3 Å². The highest BCUT2D eigenvalue weighted by molar-refractivity contribution is 5.81. The molecule has 1 aromatic heterocycles. The second-order valence-corrected chi connectivity index (χ2v) is 9.13. The zero-order chi connectivity index (χ0) is 25.8. The van der Waals surface area contributed by atoms with Crippen molar-refractivity contribution in [2.75, 3.05) is 6.61 Å². The van der Waals surface area contributed by atoms with Crippen LogP contribution < -0.4 is 5.32 Å². The molecule has 6 heteroatoms. The summed E-state index contributed by atoms with van der Waals surface area (Å²) in [7, 11) is 0. The first kappa shape index (κ1) is 24.3. The molecule has 6 nitrogen and oxygen atoms in total. The Hall–Kier alpha value is -4.45. The molecule has 0 radical (unpaired) electrons. The fourth-order valence-corrected chi connectivity index (χ4v) is 5.00. The summed E-state index contributed by atoms with van der Waals surface area (Å²) in [6, 6.07) is 26.8. The number of alkyl carbamates (subject to hydrolysis) is 1. The van der Waals surface area contributed by atoms with Crippen molar-refractivity contribution in [2.24, 2.45) is 0 Å². The minimum Gasteiger partial charge on any atom is -0.480 e. The number of nitrogens with one attached hydrogen (secondary N) is 1. The SMILES string of the molecule is CCc1ccccc1-c1ccc(C[C@@H](NC(=O)OCC2c3ccccc3-c3ccccc32)C(=O)O)cn1. The molecule has 0 unspecified atom stereocenters. The number of ether oxygens (including phenoxy) is 1. The molecule has 0 spiro atoms. The van der Waals surface area contributed by atoms with Gasteiger partial charge in [-0.25, -0.2) is 9.59 Å². The summed E-state index contributed by atoms with van der Waals surface area (Å²) in [5.41, 5.74) is 8.26. The molecule has 37 heavy (non-hydrogen) atoms. The molecule has 0 bridgehead atoms. The summed E-state index contributed by atoms with van der Waals surface area (Å²) < 4.78 is 5.53. The van der Waals surface area contributed by atoms with Crippen LogP contribution in [0, 0.1) is 0 Å². The van der Waals surface area contributed by atoms with E-state index in [1.807, 2.05) is 66.7 Å². The van der Waals surface area contributed by atoms with Gasteiger partial charge in [-0.2, -0.15) is 0 Å². The predicted molar refractivity (Wildman–Crippen MR) is 142 cm³/mol. The van der Waals surface area contributed by atoms with Gasteiger partial charge in [0.25, 0.3) is 0 Å². The number of aliphatic carboxylic acids is 1. The van der Waals surface area contributed by atoms with E-state index >= 15 is 0 Å². The van der Waals surface area contributed by atoms with Crippen LogP contribution in [0.15, 0.2) is 91.1 Å². The normalized spacial score (nSPS) is 12.9. The maximum atomic E-state index is 12.6. The number of carbonyl (C=O) groups is 2. The summed E-state index contributed by atoms with van der Waals surface area (Å²) in [4.78, 5) is 29.1. The van der Waals surface area contributed by atoms with Gasteiger partial charge in [-0.1, -0.05) is 85.8 Å². The molecular formula is C31H28N2O4. The number of pyridine rings is 1. The molecule has 1 aliphatic rings. The number of nitrogens with zero attached hydrogens (tertiary/aromatic N) is 1. The molecule has 4 aromatic rings. The third-order valence-corrected chi connectivity index (χ3v) is 6.87. The standard InChI is InChI=1S/C31H28N2O4/c1-2-21-9-3-4-10-22(21)28-16-15-20(18-32-28)17-29(30(34)35)33-31(36)37-19-27-25-13-7-5-11-23(25)24-12-6-8-14-26(24)27/h3-16,18,27,29H,2,17,19H2,1H3,(H,33,36)(H,34,35)/t29-/m1/s1. The van der Waals surface area contributed by atoms with Gasteiger partial charge in [0.15, 0.2) is 0 Å². The smallest absolute Gasteiger partial charge is 0.407 e. The predicted octanol–water partition coefficient (Wildman–Crippen LogP) is 5.85. The zero-order valence-corrected chi connectivity index (χ0v) is 20.6. The summed E-state index contributed by atoms with van der Waals surface area (Å²) in [6.07, 6.45) is 1.90. The highest BCUT2D eigenvalue weighted by Gasteiger charge is 2.29. The number of aromatic nitrogens is 1. The molecule has 0 saturated heterocycles. The number of aryl methyl sites for hydroxylation is 1. The largest absolute Gasteiger partial charge is 0.480 e. The Morgan fingerprint density at radius 3 is 2.11 bits per heavy atom. The molecule has 1 heterocycles. The van der Waals surface area contributed by atoms with E-state index in [-0.39, 0.29) is 18.9 Å². The molecule has 0 saturated carbocycles. The molecule has 5 rings (SSSR count). The van der Waals surface area contributed by atoms with Crippen molar-refractivity contribution < 1.29 is 19.4 Å². The molecule has 1 atom stereocenters. The maximum absolute atomic E-state index is 12.6. The number of rotatable bonds is 8. The molecule has 0 aliphatic heterocycles. The van der Waals surface area contributed by atoms with Crippen LogP contribution in [-0.4, -0.2) is 34.8 Å². The lowest BCUT2D eigenvalue weighted by Gasteiger charge is -2.17. The minimum atomic E-state index is -1.13. The van der Waals surface area contributed by atoms with E-state index < -0.39 is 18.1 Å². The number of fused-ring (bicyclic) bond motifs is 3. The van der Waals surface area contributed by atoms with Crippen LogP contribution in [0.1, 0.15) is 35.1 Å². The third-order valence-electron chi connectivity index (χ3n) is 6.87. The minimum absolute atomic E-state index is 0.0934. The van der Waals surface area contributed by atoms with Crippen LogP contribution in [0.5, 0.6) is 0 Å². The topological polar surface area (TPSA) is 88.5 Å². The molecule has 0 fully saturated rings. The first-order chi connectivity index (χ1) is 18.0. The quantitative estimate of drug-likeness (QED) is 0.322. The zero-order valence-electron chi connectivity index (χ0n) is 20.6. The molecular weight excluding hydrogens is 464 g/mol. The van der Waals surface area contributed by atoms with Gasteiger partial charge in [0.2, 0.25) is 0 Å². The van der Waals surface area contributed by atoms with Crippen molar-refractivity contribution in [3.05, 3.63) is 113 Å². The van der Waals surface area contributed by atoms with E-state index in [0.717, 1.165) is 39.9 Å². The Balaban J connectivity index is 1.23. The first-order valence-electron chi connectivity index (χ1n) is 12.4. The maximum Gasteiger partial charge on any atom is 0.407 e. The van der Waals surface area contributed by atoms with Crippen LogP contribution in [0.2, 0.25) is 0 Å². The van der Waals surface area contributed by atoms with Crippen LogP contribution in [0.4, 0.5) is 4.79 Å². The number of carboxylic acid groups (broad SMARTS) is 1. The van der Waals surface area contributed by atoms with Crippen LogP contribution in [0.25, 0.3) is 22.4 Å². The molecule has 1 aliphatic carbocycles. The number of carboxylic acids is 1. The average molecular weight is 493 g/mol. The van der Waals surface area contributed by atoms with Crippen LogP contribution in [-0.2, 0) is 22.4 Å². The lowest BCUT2D eigenvalue weighted by atomic mass is 9.98. The second kappa shape index (κ2) is 10.7. The van der Waals surface area contributed by atoms with Crippen molar-refractivity contribution in [3.8, 4) is 22.4 Å². The summed E-state index contributed by atoms with van der Waals surface area (Å²) >= 11 is 0. The van der Waals surface area contributed by atoms with Gasteiger partial charge in [0.1, 0.15) is 12.6 Å². The van der Waals surface area contributed by atoms with Crippen molar-refractivity contribution in [3.63, 3.8) is 0 Å². The summed E-state index contributed by atoms with van der Waals surface area (Å²) in [5.74, 6) is -1.22. The van der Waals surface area contributed by atoms with Crippen molar-refractivity contribution in [1.29, 1.82) is 0 Å². The van der Waals surface area contributed by atoms with E-state index in [0.29, 0.717) is 5.56 Å². The molecule has 186 valence electrons. The van der Waals surface area contributed by atoms with E-state index in [4.69, 9.17) is 4.74 Å². The van der Waals surface area contributed by atoms with E-state index in [9.17, 15) is 14.7 Å². The molecule has 1 amide bonds. The van der Waals surface area contributed by atoms with Crippen molar-refractivity contribution in [2.45, 2.75) is 31.7 Å². The van der Waals surface area contributed by atoms with E-state index in [2.05, 4.69) is 35.4 Å². The van der Waals surface area contributed by atoms with Gasteiger partial charge in [-0.15, -0.1) is 0 Å². The average Bonchev–Trinajstić information content (AvgIpc) is 3.25. The number of hydrogen-bond acceptors (Lipinski definition) is 4. The Bertz CT molecular complexity index is 1390. The Morgan fingerprint density at radius 1 is 0.892 bits per heavy atom. The molecule has 2 N–H and O–H groups in total. The fourth-order valence-electron chi connectivity index (χ4n) is 5.00. The first-order valence-corrected chi connectivity index (χ1v) is 12.4. The van der Waals surface area contributed by atoms with Gasteiger partial charge in [-0.3, -0.25) is 4.98 Å². The number of hydrogen-bond donors (Lipinski definition) is 2. The Labute approximate surface area is 216 Å². The Morgan fingerprint density at radius 2 is 1.51 bits per heavy atom. The van der Waals surface area contributed by atoms with Crippen LogP contribution >= 0.6 is 0 Å². The second-order valence-electron chi connectivity index (χ2n) is 9.13. The fraction of sp³-hybridized carbons (Fsp3) is 0.194. The summed E-state index contributed by atoms with van der Waals surface area (Å²) in [6.45, 7) is 2.22. The van der Waals surface area contributed by atoms with Gasteiger partial charge >= 0.3 is 12.1 Å². The van der Waals surface area contributed by atoms with Gasteiger partial charge in [0.05, 0.1) is 5.69 Å². The van der Waals surface area contributed by atoms with Gasteiger partial charge < -0.3 is 15.2 Å². The highest BCUT2D eigenvalue weighted by Crippen LogP contribution is 2.44. The van der Waals surface area contributed by atoms with Crippen LogP contribution in [0.3, 0.4) is 0 Å². The summed E-state index contributed by atoms with van der Waals surface area (Å²) in [5, 5.41) is 12.2. The molecule has 3 aromatic carbocycles. The number of carbonyl (C=O) groups excluding carboxylic acids is 1. The van der Waals surface area contributed by atoms with E-state index in [1.54, 1.807) is 6.20 Å². The number of benzene rings is 3. The lowest BCUT2D eigenvalue weighted by Crippen LogP contribution is -2.42. The lowest BCUT2D eigenvalue weighted by molar-refractivity contribution is -0.139. The van der Waals surface area contributed by atoms with Gasteiger partial charge in [0, 0.05) is 24.1 Å². The van der Waals surface area contributed by atoms with E-state index in [1.165, 1.54) is 5.56 Å².